The number of carbonyl (C=O) groups excluding carboxylic acids is 1. The topological polar surface area (TPSA) is 66.8 Å². The Hall–Kier alpha value is -2.21. The zero-order chi connectivity index (χ0) is 14.5. The Morgan fingerprint density at radius 2 is 2.15 bits per heavy atom. The first-order valence-electron chi connectivity index (χ1n) is 6.14. The van der Waals surface area contributed by atoms with E-state index in [0.717, 1.165) is 0 Å². The zero-order valence-electron chi connectivity index (χ0n) is 10.7. The molecule has 6 heteroatoms. The number of nitrogens with zero attached hydrogens (tertiary/aromatic N) is 1. The Bertz CT molecular complexity index is 544. The van der Waals surface area contributed by atoms with Gasteiger partial charge < -0.3 is 14.7 Å². The summed E-state index contributed by atoms with van der Waals surface area (Å²) in [5.74, 6) is -1.87. The minimum atomic E-state index is -1.10. The largest absolute Gasteiger partial charge is 0.479 e. The van der Waals surface area contributed by atoms with Gasteiger partial charge in [-0.2, -0.15) is 0 Å². The number of ether oxygens (including phenoxy) is 1. The number of hydrogen-bond donors (Lipinski definition) is 1. The number of halogens is 1. The van der Waals surface area contributed by atoms with Crippen molar-refractivity contribution in [3.05, 3.63) is 41.7 Å². The second-order valence-corrected chi connectivity index (χ2v) is 4.34. The van der Waals surface area contributed by atoms with Crippen molar-refractivity contribution in [2.24, 2.45) is 0 Å². The molecule has 1 aliphatic rings. The van der Waals surface area contributed by atoms with Crippen molar-refractivity contribution in [2.75, 3.05) is 19.7 Å². The number of amides is 1. The van der Waals surface area contributed by atoms with E-state index in [-0.39, 0.29) is 19.1 Å². The van der Waals surface area contributed by atoms with Crippen LogP contribution >= 0.6 is 0 Å². The van der Waals surface area contributed by atoms with E-state index in [0.29, 0.717) is 12.1 Å². The summed E-state index contributed by atoms with van der Waals surface area (Å²) >= 11 is 0. The van der Waals surface area contributed by atoms with Gasteiger partial charge in [-0.05, 0) is 12.1 Å². The van der Waals surface area contributed by atoms with Crippen LogP contribution in [-0.2, 0) is 14.3 Å². The summed E-state index contributed by atoms with van der Waals surface area (Å²) in [6.07, 6.45) is 1.61. The summed E-state index contributed by atoms with van der Waals surface area (Å²) in [5, 5.41) is 8.85. The van der Waals surface area contributed by atoms with Crippen molar-refractivity contribution >= 4 is 18.0 Å². The number of morpholine rings is 1. The number of carbonyl (C=O) groups is 2. The highest BCUT2D eigenvalue weighted by atomic mass is 19.1. The van der Waals surface area contributed by atoms with Crippen molar-refractivity contribution in [3.63, 3.8) is 0 Å². The lowest BCUT2D eigenvalue weighted by Gasteiger charge is -2.30. The Morgan fingerprint density at radius 3 is 2.85 bits per heavy atom. The molecule has 1 aliphatic heterocycles. The predicted molar refractivity (Wildman–Crippen MR) is 69.4 cm³/mol. The van der Waals surface area contributed by atoms with Gasteiger partial charge in [-0.1, -0.05) is 18.2 Å². The van der Waals surface area contributed by atoms with Crippen LogP contribution in [0.5, 0.6) is 0 Å². The quantitative estimate of drug-likeness (QED) is 0.843. The van der Waals surface area contributed by atoms with E-state index in [1.54, 1.807) is 18.2 Å². The van der Waals surface area contributed by atoms with E-state index in [2.05, 4.69) is 0 Å². The molecule has 0 aliphatic carbocycles. The minimum absolute atomic E-state index is 0.00419. The van der Waals surface area contributed by atoms with Gasteiger partial charge >= 0.3 is 5.97 Å². The molecule has 1 N–H and O–H groups in total. The highest BCUT2D eigenvalue weighted by Crippen LogP contribution is 2.10. The van der Waals surface area contributed by atoms with Gasteiger partial charge in [0.1, 0.15) is 5.82 Å². The van der Waals surface area contributed by atoms with Crippen molar-refractivity contribution < 1.29 is 23.8 Å². The average molecular weight is 279 g/mol. The van der Waals surface area contributed by atoms with E-state index in [9.17, 15) is 14.0 Å². The van der Waals surface area contributed by atoms with Crippen LogP contribution in [0.3, 0.4) is 0 Å². The molecule has 0 aromatic heterocycles. The lowest BCUT2D eigenvalue weighted by atomic mass is 10.2. The molecule has 1 amide bonds. The first kappa shape index (κ1) is 14.2. The third-order valence-corrected chi connectivity index (χ3v) is 2.96. The van der Waals surface area contributed by atoms with E-state index in [1.165, 1.54) is 23.1 Å². The number of hydrogen-bond acceptors (Lipinski definition) is 3. The van der Waals surface area contributed by atoms with E-state index in [1.807, 2.05) is 0 Å². The zero-order valence-corrected chi connectivity index (χ0v) is 10.7. The van der Waals surface area contributed by atoms with E-state index < -0.39 is 17.9 Å². The molecular weight excluding hydrogens is 265 g/mol. The molecule has 1 aromatic carbocycles. The van der Waals surface area contributed by atoms with Gasteiger partial charge in [0, 0.05) is 18.2 Å². The number of aliphatic carboxylic acids is 1. The number of carboxylic acids is 1. The van der Waals surface area contributed by atoms with Crippen LogP contribution in [0, 0.1) is 5.82 Å². The molecular formula is C14H14FNO4. The van der Waals surface area contributed by atoms with Crippen LogP contribution in [0.4, 0.5) is 4.39 Å². The molecule has 1 aromatic rings. The third-order valence-electron chi connectivity index (χ3n) is 2.96. The van der Waals surface area contributed by atoms with Crippen LogP contribution in [-0.4, -0.2) is 47.7 Å². The molecule has 1 heterocycles. The fourth-order valence-corrected chi connectivity index (χ4v) is 1.88. The summed E-state index contributed by atoms with van der Waals surface area (Å²) in [7, 11) is 0. The Kier molecular flexibility index (Phi) is 4.47. The molecule has 0 spiro atoms. The van der Waals surface area contributed by atoms with Crippen LogP contribution in [0.25, 0.3) is 6.08 Å². The average Bonchev–Trinajstić information content (AvgIpc) is 2.46. The molecule has 1 fully saturated rings. The van der Waals surface area contributed by atoms with Crippen LogP contribution < -0.4 is 0 Å². The fraction of sp³-hybridized carbons (Fsp3) is 0.286. The van der Waals surface area contributed by atoms with Crippen molar-refractivity contribution in [3.8, 4) is 0 Å². The maximum absolute atomic E-state index is 13.4. The second-order valence-electron chi connectivity index (χ2n) is 4.34. The lowest BCUT2D eigenvalue weighted by Crippen LogP contribution is -2.48. The standard InChI is InChI=1S/C14H14FNO4/c15-11-4-2-1-3-10(11)5-6-13(17)16-7-8-20-12(9-16)14(18)19/h1-6,12H,7-9H2,(H,18,19). The highest BCUT2D eigenvalue weighted by molar-refractivity contribution is 5.92. The van der Waals surface area contributed by atoms with Gasteiger partial charge in [0.25, 0.3) is 0 Å². The molecule has 20 heavy (non-hydrogen) atoms. The van der Waals surface area contributed by atoms with Gasteiger partial charge in [-0.3, -0.25) is 4.79 Å². The van der Waals surface area contributed by atoms with Gasteiger partial charge in [0.2, 0.25) is 5.91 Å². The summed E-state index contributed by atoms with van der Waals surface area (Å²) in [6.45, 7) is 0.496. The lowest BCUT2D eigenvalue weighted by molar-refractivity contribution is -0.158. The molecule has 5 nitrogen and oxygen atoms in total. The summed E-state index contributed by atoms with van der Waals surface area (Å²) in [5.41, 5.74) is 0.309. The van der Waals surface area contributed by atoms with Gasteiger partial charge in [-0.25, -0.2) is 9.18 Å². The fourth-order valence-electron chi connectivity index (χ4n) is 1.88. The SMILES string of the molecule is O=C(O)C1CN(C(=O)C=Cc2ccccc2F)CCO1. The first-order valence-corrected chi connectivity index (χ1v) is 6.14. The molecule has 1 unspecified atom stereocenters. The molecule has 0 radical (unpaired) electrons. The molecule has 106 valence electrons. The normalized spacial score (nSPS) is 19.2. The predicted octanol–water partition coefficient (Wildman–Crippen LogP) is 1.15. The molecule has 2 rings (SSSR count). The maximum Gasteiger partial charge on any atom is 0.334 e. The van der Waals surface area contributed by atoms with Crippen LogP contribution in [0.2, 0.25) is 0 Å². The first-order chi connectivity index (χ1) is 9.58. The molecule has 1 atom stereocenters. The summed E-state index contributed by atoms with van der Waals surface area (Å²) < 4.78 is 18.4. The smallest absolute Gasteiger partial charge is 0.334 e. The number of rotatable bonds is 3. The van der Waals surface area contributed by atoms with Crippen LogP contribution in [0.1, 0.15) is 5.56 Å². The van der Waals surface area contributed by atoms with Crippen molar-refractivity contribution in [1.82, 2.24) is 4.90 Å². The molecule has 0 saturated carbocycles. The summed E-state index contributed by atoms with van der Waals surface area (Å²) in [4.78, 5) is 24.1. The van der Waals surface area contributed by atoms with Gasteiger partial charge in [-0.15, -0.1) is 0 Å². The Labute approximate surface area is 115 Å². The highest BCUT2D eigenvalue weighted by Gasteiger charge is 2.27. The minimum Gasteiger partial charge on any atom is -0.479 e. The van der Waals surface area contributed by atoms with Crippen molar-refractivity contribution in [2.45, 2.75) is 6.10 Å². The second kappa shape index (κ2) is 6.29. The molecule has 1 saturated heterocycles. The van der Waals surface area contributed by atoms with Crippen LogP contribution in [0.15, 0.2) is 30.3 Å². The molecule has 0 bridgehead atoms. The van der Waals surface area contributed by atoms with E-state index >= 15 is 0 Å². The number of benzene rings is 1. The summed E-state index contributed by atoms with van der Waals surface area (Å²) in [6, 6.07) is 6.09. The maximum atomic E-state index is 13.4. The third kappa shape index (κ3) is 3.42. The van der Waals surface area contributed by atoms with Gasteiger partial charge in [0.15, 0.2) is 6.10 Å². The number of carboxylic acid groups (broad SMARTS) is 1. The Morgan fingerprint density at radius 1 is 1.40 bits per heavy atom. The van der Waals surface area contributed by atoms with Gasteiger partial charge in [0.05, 0.1) is 13.2 Å². The Balaban J connectivity index is 2.01. The van der Waals surface area contributed by atoms with Crippen molar-refractivity contribution in [1.29, 1.82) is 0 Å². The monoisotopic (exact) mass is 279 g/mol. The van der Waals surface area contributed by atoms with E-state index in [4.69, 9.17) is 9.84 Å².